The van der Waals surface area contributed by atoms with Gasteiger partial charge in [0.25, 0.3) is 5.69 Å². The van der Waals surface area contributed by atoms with Crippen LogP contribution in [0, 0.1) is 20.2 Å². The number of carbonyl (C=O) groups excluding carboxylic acids is 1. The number of hydrogen-bond acceptors (Lipinski definition) is 10. The number of cyclic esters (lactones) is 1. The maximum Gasteiger partial charge on any atom is 0.344 e. The molecule has 0 aliphatic carbocycles. The molecule has 2 aromatic rings. The monoisotopic (exact) mass is 390 g/mol. The Kier molecular flexibility index (Phi) is 4.96. The van der Waals surface area contributed by atoms with E-state index < -0.39 is 33.4 Å². The van der Waals surface area contributed by atoms with E-state index in [4.69, 9.17) is 14.2 Å². The molecule has 0 spiro atoms. The minimum absolute atomic E-state index is 0.0411. The van der Waals surface area contributed by atoms with Gasteiger partial charge in [0.05, 0.1) is 30.1 Å². The van der Waals surface area contributed by atoms with Gasteiger partial charge in [0.1, 0.15) is 11.3 Å². The van der Waals surface area contributed by atoms with Crippen molar-refractivity contribution in [3.63, 3.8) is 0 Å². The summed E-state index contributed by atoms with van der Waals surface area (Å²) in [6.07, 6.45) is -0.975. The molecule has 1 atom stereocenters. The maximum absolute atomic E-state index is 12.2. The molecule has 0 bridgehead atoms. The molecule has 2 aromatic carbocycles. The van der Waals surface area contributed by atoms with Gasteiger partial charge >= 0.3 is 11.7 Å². The summed E-state index contributed by atoms with van der Waals surface area (Å²) in [4.78, 5) is 32.7. The Hall–Kier alpha value is -3.93. The number of rotatable bonds is 7. The number of fused-ring (bicyclic) bond motifs is 1. The lowest BCUT2D eigenvalue weighted by Crippen LogP contribution is -2.27. The lowest BCUT2D eigenvalue weighted by molar-refractivity contribution is -0.393. The number of methoxy groups -OCH3 is 2. The fourth-order valence-corrected chi connectivity index (χ4v) is 2.74. The SMILES string of the molecule is COc1ccc2c(c1OC)C(=O)OC2NNc1ccc([N+](=O)[O-])cc1[N+](=O)[O-]. The Morgan fingerprint density at radius 1 is 1.07 bits per heavy atom. The van der Waals surface area contributed by atoms with E-state index in [0.717, 1.165) is 12.1 Å². The standard InChI is InChI=1S/C16H14N4O8/c1-26-12-6-4-9-13(14(12)27-2)16(21)28-15(9)18-17-10-5-3-8(19(22)23)7-11(10)20(24)25/h3-7,15,17-18H,1-2H3. The van der Waals surface area contributed by atoms with E-state index in [0.29, 0.717) is 11.3 Å². The summed E-state index contributed by atoms with van der Waals surface area (Å²) in [6.45, 7) is 0. The molecule has 1 aliphatic rings. The lowest BCUT2D eigenvalue weighted by Gasteiger charge is -2.15. The van der Waals surface area contributed by atoms with E-state index in [1.807, 2.05) is 0 Å². The van der Waals surface area contributed by atoms with Crippen molar-refractivity contribution in [2.24, 2.45) is 0 Å². The summed E-state index contributed by atoms with van der Waals surface area (Å²) in [6, 6.07) is 6.29. The third kappa shape index (κ3) is 3.23. The normalized spacial score (nSPS) is 14.8. The Labute approximate surface area is 157 Å². The van der Waals surface area contributed by atoms with Crippen LogP contribution in [0.25, 0.3) is 0 Å². The van der Waals surface area contributed by atoms with Crippen molar-refractivity contribution >= 4 is 23.0 Å². The van der Waals surface area contributed by atoms with Gasteiger partial charge in [-0.2, -0.15) is 5.43 Å². The fraction of sp³-hybridized carbons (Fsp3) is 0.188. The van der Waals surface area contributed by atoms with Crippen LogP contribution in [-0.4, -0.2) is 30.0 Å². The van der Waals surface area contributed by atoms with E-state index in [1.165, 1.54) is 20.3 Å². The number of hydrogen-bond donors (Lipinski definition) is 2. The zero-order chi connectivity index (χ0) is 20.4. The van der Waals surface area contributed by atoms with Crippen LogP contribution in [-0.2, 0) is 4.74 Å². The predicted molar refractivity (Wildman–Crippen MR) is 94.2 cm³/mol. The first-order valence-corrected chi connectivity index (χ1v) is 7.77. The van der Waals surface area contributed by atoms with Gasteiger partial charge in [-0.15, -0.1) is 0 Å². The van der Waals surface area contributed by atoms with Gasteiger partial charge in [0.15, 0.2) is 17.7 Å². The Balaban J connectivity index is 1.87. The second-order valence-corrected chi connectivity index (χ2v) is 5.54. The molecular weight excluding hydrogens is 376 g/mol. The third-order valence-electron chi connectivity index (χ3n) is 4.02. The molecule has 0 aromatic heterocycles. The molecule has 2 N–H and O–H groups in total. The number of benzene rings is 2. The molecule has 12 nitrogen and oxygen atoms in total. The summed E-state index contributed by atoms with van der Waals surface area (Å²) in [7, 11) is 2.81. The highest BCUT2D eigenvalue weighted by Gasteiger charge is 2.36. The number of nitro groups is 2. The van der Waals surface area contributed by atoms with Gasteiger partial charge in [-0.05, 0) is 18.2 Å². The molecule has 1 aliphatic heterocycles. The highest BCUT2D eigenvalue weighted by atomic mass is 16.6. The smallest absolute Gasteiger partial charge is 0.344 e. The Morgan fingerprint density at radius 2 is 1.82 bits per heavy atom. The van der Waals surface area contributed by atoms with E-state index in [9.17, 15) is 25.0 Å². The third-order valence-corrected chi connectivity index (χ3v) is 4.02. The second-order valence-electron chi connectivity index (χ2n) is 5.54. The van der Waals surface area contributed by atoms with Gasteiger partial charge in [-0.25, -0.2) is 4.79 Å². The van der Waals surface area contributed by atoms with Crippen LogP contribution in [0.4, 0.5) is 17.1 Å². The molecule has 28 heavy (non-hydrogen) atoms. The van der Waals surface area contributed by atoms with Gasteiger partial charge in [-0.3, -0.25) is 20.2 Å². The van der Waals surface area contributed by atoms with E-state index in [1.54, 1.807) is 12.1 Å². The quantitative estimate of drug-likeness (QED) is 0.408. The van der Waals surface area contributed by atoms with Crippen molar-refractivity contribution < 1.29 is 28.9 Å². The number of anilines is 1. The molecule has 146 valence electrons. The largest absolute Gasteiger partial charge is 0.493 e. The van der Waals surface area contributed by atoms with Crippen LogP contribution in [0.15, 0.2) is 30.3 Å². The maximum atomic E-state index is 12.2. The van der Waals surface area contributed by atoms with Crippen molar-refractivity contribution in [2.45, 2.75) is 6.23 Å². The average Bonchev–Trinajstić information content (AvgIpc) is 3.01. The first-order valence-electron chi connectivity index (χ1n) is 7.77. The van der Waals surface area contributed by atoms with Crippen molar-refractivity contribution in [3.05, 3.63) is 61.7 Å². The molecule has 1 unspecified atom stereocenters. The van der Waals surface area contributed by atoms with E-state index >= 15 is 0 Å². The van der Waals surface area contributed by atoms with E-state index in [2.05, 4.69) is 10.9 Å². The first kappa shape index (κ1) is 18.8. The van der Waals surface area contributed by atoms with Gasteiger partial charge < -0.3 is 19.6 Å². The number of nitrogens with zero attached hydrogens (tertiary/aromatic N) is 2. The van der Waals surface area contributed by atoms with Crippen molar-refractivity contribution in [3.8, 4) is 11.5 Å². The summed E-state index contributed by atoms with van der Waals surface area (Å²) < 4.78 is 15.6. The van der Waals surface area contributed by atoms with Crippen molar-refractivity contribution in [1.29, 1.82) is 0 Å². The fourth-order valence-electron chi connectivity index (χ4n) is 2.74. The number of esters is 1. The number of non-ortho nitro benzene ring substituents is 1. The number of carbonyl (C=O) groups is 1. The highest BCUT2D eigenvalue weighted by Crippen LogP contribution is 2.41. The molecule has 0 saturated carbocycles. The summed E-state index contributed by atoms with van der Waals surface area (Å²) in [5, 5.41) is 22.0. The van der Waals surface area contributed by atoms with Crippen molar-refractivity contribution in [1.82, 2.24) is 5.43 Å². The van der Waals surface area contributed by atoms with Crippen LogP contribution in [0.1, 0.15) is 22.1 Å². The minimum Gasteiger partial charge on any atom is -0.493 e. The molecular formula is C16H14N4O8. The number of nitrogens with one attached hydrogen (secondary N) is 2. The van der Waals surface area contributed by atoms with Gasteiger partial charge in [0.2, 0.25) is 0 Å². The first-order chi connectivity index (χ1) is 13.4. The van der Waals surface area contributed by atoms with Crippen LogP contribution in [0.2, 0.25) is 0 Å². The molecule has 0 amide bonds. The topological polar surface area (TPSA) is 155 Å². The number of nitro benzene ring substituents is 2. The summed E-state index contributed by atoms with van der Waals surface area (Å²) in [5.74, 6) is -0.114. The Morgan fingerprint density at radius 3 is 2.43 bits per heavy atom. The molecule has 3 rings (SSSR count). The predicted octanol–water partition coefficient (Wildman–Crippen LogP) is 2.31. The Bertz CT molecular complexity index is 977. The van der Waals surface area contributed by atoms with Crippen LogP contribution < -0.4 is 20.3 Å². The average molecular weight is 390 g/mol. The van der Waals surface area contributed by atoms with Gasteiger partial charge in [-0.1, -0.05) is 0 Å². The zero-order valence-corrected chi connectivity index (χ0v) is 14.6. The lowest BCUT2D eigenvalue weighted by atomic mass is 10.1. The number of hydrazine groups is 1. The molecule has 12 heteroatoms. The van der Waals surface area contributed by atoms with Crippen LogP contribution >= 0.6 is 0 Å². The molecule has 1 heterocycles. The molecule has 0 fully saturated rings. The van der Waals surface area contributed by atoms with Crippen molar-refractivity contribution in [2.75, 3.05) is 19.6 Å². The van der Waals surface area contributed by atoms with E-state index in [-0.39, 0.29) is 17.0 Å². The molecule has 0 radical (unpaired) electrons. The van der Waals surface area contributed by atoms with Crippen LogP contribution in [0.3, 0.4) is 0 Å². The zero-order valence-electron chi connectivity index (χ0n) is 14.6. The molecule has 0 saturated heterocycles. The summed E-state index contributed by atoms with van der Waals surface area (Å²) in [5.41, 5.74) is 4.84. The number of ether oxygens (including phenoxy) is 3. The van der Waals surface area contributed by atoms with Gasteiger partial charge in [0, 0.05) is 11.6 Å². The van der Waals surface area contributed by atoms with Crippen LogP contribution in [0.5, 0.6) is 11.5 Å². The highest BCUT2D eigenvalue weighted by molar-refractivity contribution is 5.98. The minimum atomic E-state index is -0.975. The summed E-state index contributed by atoms with van der Waals surface area (Å²) >= 11 is 0. The second kappa shape index (κ2) is 7.36.